The molecule has 0 amide bonds. The molecule has 0 bridgehead atoms. The fourth-order valence-corrected chi connectivity index (χ4v) is 4.40. The molecule has 0 saturated carbocycles. The van der Waals surface area contributed by atoms with Crippen LogP contribution in [0, 0.1) is 13.8 Å². The molecule has 0 spiro atoms. The van der Waals surface area contributed by atoms with Gasteiger partial charge in [0.15, 0.2) is 5.11 Å². The molecule has 1 aliphatic rings. The summed E-state index contributed by atoms with van der Waals surface area (Å²) in [5.41, 5.74) is 4.90. The average molecular weight is 407 g/mol. The second-order valence-corrected chi connectivity index (χ2v) is 7.61. The van der Waals surface area contributed by atoms with Crippen LogP contribution in [-0.4, -0.2) is 37.7 Å². The van der Waals surface area contributed by atoms with Crippen LogP contribution in [0.15, 0.2) is 54.7 Å². The molecule has 1 aliphatic heterocycles. The molecule has 148 valence electrons. The third-order valence-corrected chi connectivity index (χ3v) is 5.91. The molecule has 2 aromatic heterocycles. The van der Waals surface area contributed by atoms with Gasteiger partial charge in [0.1, 0.15) is 0 Å². The van der Waals surface area contributed by atoms with Crippen molar-refractivity contribution in [2.24, 2.45) is 0 Å². The Morgan fingerprint density at radius 3 is 2.59 bits per heavy atom. The van der Waals surface area contributed by atoms with Crippen molar-refractivity contribution in [3.05, 3.63) is 82.9 Å². The Hall–Kier alpha value is -3.19. The first-order valence-corrected chi connectivity index (χ1v) is 9.76. The second-order valence-electron chi connectivity index (χ2n) is 7.22. The highest BCUT2D eigenvalue weighted by Crippen LogP contribution is 2.40. The van der Waals surface area contributed by atoms with Gasteiger partial charge in [-0.15, -0.1) is 0 Å². The summed E-state index contributed by atoms with van der Waals surface area (Å²) in [6, 6.07) is 14.9. The van der Waals surface area contributed by atoms with Crippen molar-refractivity contribution >= 4 is 23.3 Å². The first-order valence-electron chi connectivity index (χ1n) is 9.36. The number of aromatic nitrogens is 2. The Morgan fingerprint density at radius 1 is 1.17 bits per heavy atom. The third-order valence-electron chi connectivity index (χ3n) is 5.50. The predicted octanol–water partition coefficient (Wildman–Crippen LogP) is 3.79. The second kappa shape index (κ2) is 7.33. The van der Waals surface area contributed by atoms with E-state index in [9.17, 15) is 9.90 Å². The van der Waals surface area contributed by atoms with Gasteiger partial charge in [-0.1, -0.05) is 18.2 Å². The smallest absolute Gasteiger partial charge is 0.337 e. The van der Waals surface area contributed by atoms with Crippen LogP contribution in [-0.2, 0) is 0 Å². The maximum atomic E-state index is 11.8. The SMILES string of the molecule is Cc1cc(C2C(c3ccccn3)NC(=S)N2C)c(C)n1-c1ccccc1C(=O)O. The monoisotopic (exact) mass is 406 g/mol. The molecule has 0 radical (unpaired) electrons. The van der Waals surface area contributed by atoms with Crippen molar-refractivity contribution in [1.29, 1.82) is 0 Å². The maximum absolute atomic E-state index is 11.8. The lowest BCUT2D eigenvalue weighted by molar-refractivity contribution is 0.0697. The Kier molecular flexibility index (Phi) is 4.84. The largest absolute Gasteiger partial charge is 0.478 e. The highest BCUT2D eigenvalue weighted by molar-refractivity contribution is 7.80. The first-order chi connectivity index (χ1) is 13.9. The van der Waals surface area contributed by atoms with E-state index in [1.54, 1.807) is 18.3 Å². The number of nitrogens with one attached hydrogen (secondary N) is 1. The fourth-order valence-electron chi connectivity index (χ4n) is 4.15. The normalized spacial score (nSPS) is 18.7. The third kappa shape index (κ3) is 3.17. The molecule has 7 heteroatoms. The zero-order chi connectivity index (χ0) is 20.7. The minimum absolute atomic E-state index is 0.0469. The quantitative estimate of drug-likeness (QED) is 0.643. The van der Waals surface area contributed by atoms with Crippen LogP contribution < -0.4 is 5.32 Å². The van der Waals surface area contributed by atoms with Crippen molar-refractivity contribution in [3.8, 4) is 5.69 Å². The van der Waals surface area contributed by atoms with Gasteiger partial charge in [-0.25, -0.2) is 4.79 Å². The molecule has 1 aromatic carbocycles. The van der Waals surface area contributed by atoms with Gasteiger partial charge in [-0.3, -0.25) is 4.98 Å². The van der Waals surface area contributed by atoms with E-state index < -0.39 is 5.97 Å². The fraction of sp³-hybridized carbons (Fsp3) is 0.227. The number of pyridine rings is 1. The van der Waals surface area contributed by atoms with Crippen LogP contribution in [0.3, 0.4) is 0 Å². The molecular weight excluding hydrogens is 384 g/mol. The molecule has 2 atom stereocenters. The van der Waals surface area contributed by atoms with E-state index in [1.807, 2.05) is 60.7 Å². The lowest BCUT2D eigenvalue weighted by atomic mass is 9.97. The zero-order valence-electron chi connectivity index (χ0n) is 16.5. The highest BCUT2D eigenvalue weighted by atomic mass is 32.1. The van der Waals surface area contributed by atoms with Crippen LogP contribution in [0.1, 0.15) is 45.1 Å². The number of carboxylic acids is 1. The Labute approximate surface area is 174 Å². The maximum Gasteiger partial charge on any atom is 0.337 e. The van der Waals surface area contributed by atoms with Crippen molar-refractivity contribution in [3.63, 3.8) is 0 Å². The minimum atomic E-state index is -0.943. The summed E-state index contributed by atoms with van der Waals surface area (Å²) in [7, 11) is 1.97. The first kappa shape index (κ1) is 19.1. The van der Waals surface area contributed by atoms with Gasteiger partial charge in [-0.2, -0.15) is 0 Å². The van der Waals surface area contributed by atoms with Gasteiger partial charge in [0.2, 0.25) is 0 Å². The number of aromatic carboxylic acids is 1. The zero-order valence-corrected chi connectivity index (χ0v) is 17.3. The summed E-state index contributed by atoms with van der Waals surface area (Å²) >= 11 is 5.53. The molecule has 2 N–H and O–H groups in total. The number of carbonyl (C=O) groups is 1. The molecule has 3 heterocycles. The molecule has 4 rings (SSSR count). The number of para-hydroxylation sites is 1. The lowest BCUT2D eigenvalue weighted by Crippen LogP contribution is -2.25. The number of likely N-dealkylation sites (N-methyl/N-ethyl adjacent to an activating group) is 1. The van der Waals surface area contributed by atoms with Crippen LogP contribution in [0.4, 0.5) is 0 Å². The molecule has 2 unspecified atom stereocenters. The molecule has 3 aromatic rings. The topological polar surface area (TPSA) is 70.4 Å². The Balaban J connectivity index is 1.86. The van der Waals surface area contributed by atoms with Gasteiger partial charge >= 0.3 is 5.97 Å². The summed E-state index contributed by atoms with van der Waals surface area (Å²) in [6.07, 6.45) is 1.78. The van der Waals surface area contributed by atoms with E-state index >= 15 is 0 Å². The van der Waals surface area contributed by atoms with Crippen molar-refractivity contribution in [2.75, 3.05) is 7.05 Å². The van der Waals surface area contributed by atoms with E-state index in [0.29, 0.717) is 10.8 Å². The van der Waals surface area contributed by atoms with Crippen molar-refractivity contribution in [2.45, 2.75) is 25.9 Å². The van der Waals surface area contributed by atoms with Crippen molar-refractivity contribution in [1.82, 2.24) is 19.8 Å². The molecule has 1 saturated heterocycles. The Bertz CT molecular complexity index is 1090. The van der Waals surface area contributed by atoms with Crippen LogP contribution in [0.2, 0.25) is 0 Å². The minimum Gasteiger partial charge on any atom is -0.478 e. The van der Waals surface area contributed by atoms with Crippen LogP contribution >= 0.6 is 12.2 Å². The number of aryl methyl sites for hydroxylation is 1. The molecular formula is C22H22N4O2S. The number of nitrogens with zero attached hydrogens (tertiary/aromatic N) is 3. The van der Waals surface area contributed by atoms with Crippen LogP contribution in [0.25, 0.3) is 5.69 Å². The van der Waals surface area contributed by atoms with E-state index in [2.05, 4.69) is 16.4 Å². The molecule has 6 nitrogen and oxygen atoms in total. The summed E-state index contributed by atoms with van der Waals surface area (Å²) in [4.78, 5) is 18.3. The predicted molar refractivity (Wildman–Crippen MR) is 115 cm³/mol. The van der Waals surface area contributed by atoms with E-state index in [4.69, 9.17) is 12.2 Å². The number of carboxylic acid groups (broad SMARTS) is 1. The Morgan fingerprint density at radius 2 is 1.90 bits per heavy atom. The van der Waals surface area contributed by atoms with E-state index in [-0.39, 0.29) is 17.6 Å². The van der Waals surface area contributed by atoms with E-state index in [0.717, 1.165) is 22.6 Å². The highest BCUT2D eigenvalue weighted by Gasteiger charge is 2.39. The van der Waals surface area contributed by atoms with E-state index in [1.165, 1.54) is 0 Å². The van der Waals surface area contributed by atoms with Gasteiger partial charge in [0.25, 0.3) is 0 Å². The summed E-state index contributed by atoms with van der Waals surface area (Å²) < 4.78 is 2.00. The van der Waals surface area contributed by atoms with Gasteiger partial charge < -0.3 is 19.9 Å². The van der Waals surface area contributed by atoms with Crippen LogP contribution in [0.5, 0.6) is 0 Å². The molecule has 1 fully saturated rings. The van der Waals surface area contributed by atoms with Crippen molar-refractivity contribution < 1.29 is 9.90 Å². The number of rotatable bonds is 4. The van der Waals surface area contributed by atoms with Gasteiger partial charge in [-0.05, 0) is 62.0 Å². The number of thiocarbonyl (C=S) groups is 1. The lowest BCUT2D eigenvalue weighted by Gasteiger charge is -2.24. The molecule has 0 aliphatic carbocycles. The number of benzene rings is 1. The molecule has 29 heavy (non-hydrogen) atoms. The summed E-state index contributed by atoms with van der Waals surface area (Å²) in [5.74, 6) is -0.943. The number of hydrogen-bond acceptors (Lipinski definition) is 3. The summed E-state index contributed by atoms with van der Waals surface area (Å²) in [6.45, 7) is 4.01. The standard InChI is InChI=1S/C22H22N4O2S/c1-13-12-16(14(2)26(13)18-10-5-4-8-15(18)21(27)28)20-19(24-22(29)25(20)3)17-9-6-7-11-23-17/h4-12,19-20H,1-3H3,(H,24,29)(H,27,28). The van der Waals surface area contributed by atoms with Gasteiger partial charge in [0.05, 0.1) is 29.0 Å². The average Bonchev–Trinajstić information content (AvgIpc) is 3.17. The summed E-state index contributed by atoms with van der Waals surface area (Å²) in [5, 5.41) is 13.7. The number of hydrogen-bond donors (Lipinski definition) is 2. The van der Waals surface area contributed by atoms with Gasteiger partial charge in [0, 0.05) is 24.6 Å².